The van der Waals surface area contributed by atoms with E-state index in [1.165, 1.54) is 16.4 Å². The molecule has 0 bridgehead atoms. The maximum absolute atomic E-state index is 13.0. The standard InChI is InChI=1S/C18H24N4O6S/c1-12-4-5-14(22(25)26)11-16(12)29(27,28)21-9-6-13(7-10-21)17(23)20-15-3-2-8-19-18(15)24/h4-5,11,13,15H,2-3,6-10H2,1H3,(H,19,24)(H,20,23). The summed E-state index contributed by atoms with van der Waals surface area (Å²) in [5.74, 6) is -0.802. The van der Waals surface area contributed by atoms with Gasteiger partial charge in [0.2, 0.25) is 21.8 Å². The highest BCUT2D eigenvalue weighted by Gasteiger charge is 2.35. The van der Waals surface area contributed by atoms with Crippen LogP contribution in [0.4, 0.5) is 5.69 Å². The Kier molecular flexibility index (Phi) is 6.18. The molecule has 1 unspecified atom stereocenters. The normalized spacial score (nSPS) is 21.4. The number of nitro groups is 1. The summed E-state index contributed by atoms with van der Waals surface area (Å²) < 4.78 is 27.2. The minimum atomic E-state index is -3.90. The Morgan fingerprint density at radius 3 is 2.59 bits per heavy atom. The fraction of sp³-hybridized carbons (Fsp3) is 0.556. The molecule has 1 aromatic rings. The average Bonchev–Trinajstić information content (AvgIpc) is 2.69. The van der Waals surface area contributed by atoms with Crippen LogP contribution in [0.5, 0.6) is 0 Å². The van der Waals surface area contributed by atoms with Crippen LogP contribution in [-0.4, -0.2) is 55.1 Å². The van der Waals surface area contributed by atoms with Gasteiger partial charge in [0.05, 0.1) is 9.82 Å². The Morgan fingerprint density at radius 2 is 1.97 bits per heavy atom. The van der Waals surface area contributed by atoms with Gasteiger partial charge >= 0.3 is 0 Å². The van der Waals surface area contributed by atoms with Gasteiger partial charge < -0.3 is 10.6 Å². The number of hydrogen-bond donors (Lipinski definition) is 2. The summed E-state index contributed by atoms with van der Waals surface area (Å²) in [6.07, 6.45) is 2.05. The van der Waals surface area contributed by atoms with E-state index in [0.717, 1.165) is 12.5 Å². The van der Waals surface area contributed by atoms with Gasteiger partial charge in [-0.3, -0.25) is 19.7 Å². The quantitative estimate of drug-likeness (QED) is 0.527. The maximum atomic E-state index is 13.0. The van der Waals surface area contributed by atoms with E-state index in [1.54, 1.807) is 6.92 Å². The van der Waals surface area contributed by atoms with Gasteiger partial charge in [0, 0.05) is 37.7 Å². The van der Waals surface area contributed by atoms with Crippen LogP contribution in [0.3, 0.4) is 0 Å². The summed E-state index contributed by atoms with van der Waals surface area (Å²) in [7, 11) is -3.90. The van der Waals surface area contributed by atoms with Crippen molar-refractivity contribution >= 4 is 27.5 Å². The van der Waals surface area contributed by atoms with Crippen LogP contribution in [-0.2, 0) is 19.6 Å². The third-order valence-corrected chi connectivity index (χ3v) is 7.47. The lowest BCUT2D eigenvalue weighted by atomic mass is 9.96. The first kappa shape index (κ1) is 21.2. The number of carbonyl (C=O) groups excluding carboxylic acids is 2. The molecule has 0 aliphatic carbocycles. The highest BCUT2D eigenvalue weighted by Crippen LogP contribution is 2.28. The van der Waals surface area contributed by atoms with Crippen molar-refractivity contribution in [2.75, 3.05) is 19.6 Å². The molecule has 1 atom stereocenters. The summed E-state index contributed by atoms with van der Waals surface area (Å²) in [5.41, 5.74) is 0.146. The van der Waals surface area contributed by atoms with Crippen LogP contribution in [0.2, 0.25) is 0 Å². The van der Waals surface area contributed by atoms with Gasteiger partial charge in [-0.1, -0.05) is 6.07 Å². The number of benzene rings is 1. The fourth-order valence-electron chi connectivity index (χ4n) is 3.68. The Hall–Kier alpha value is -2.53. The van der Waals surface area contributed by atoms with E-state index >= 15 is 0 Å². The Labute approximate surface area is 168 Å². The molecule has 2 saturated heterocycles. The van der Waals surface area contributed by atoms with Crippen molar-refractivity contribution in [3.63, 3.8) is 0 Å². The van der Waals surface area contributed by atoms with E-state index in [-0.39, 0.29) is 41.4 Å². The van der Waals surface area contributed by atoms with E-state index in [1.807, 2.05) is 0 Å². The molecule has 0 spiro atoms. The van der Waals surface area contributed by atoms with Crippen molar-refractivity contribution in [1.29, 1.82) is 0 Å². The van der Waals surface area contributed by atoms with E-state index in [9.17, 15) is 28.1 Å². The van der Waals surface area contributed by atoms with Crippen molar-refractivity contribution < 1.29 is 22.9 Å². The molecule has 2 N–H and O–H groups in total. The fourth-order valence-corrected chi connectivity index (χ4v) is 5.39. The lowest BCUT2D eigenvalue weighted by molar-refractivity contribution is -0.385. The molecular weight excluding hydrogens is 400 g/mol. The number of hydrogen-bond acceptors (Lipinski definition) is 6. The van der Waals surface area contributed by atoms with Crippen molar-refractivity contribution in [3.05, 3.63) is 33.9 Å². The number of aryl methyl sites for hydroxylation is 1. The molecule has 2 aliphatic rings. The van der Waals surface area contributed by atoms with Crippen LogP contribution in [0.15, 0.2) is 23.1 Å². The molecule has 158 valence electrons. The molecular formula is C18H24N4O6S. The third kappa shape index (κ3) is 4.56. The largest absolute Gasteiger partial charge is 0.354 e. The number of nitrogens with zero attached hydrogens (tertiary/aromatic N) is 2. The second-order valence-electron chi connectivity index (χ2n) is 7.38. The lowest BCUT2D eigenvalue weighted by Gasteiger charge is -2.32. The number of non-ortho nitro benzene ring substituents is 1. The van der Waals surface area contributed by atoms with Crippen LogP contribution < -0.4 is 10.6 Å². The van der Waals surface area contributed by atoms with Gasteiger partial charge in [0.1, 0.15) is 6.04 Å². The molecule has 3 rings (SSSR count). The highest BCUT2D eigenvalue weighted by molar-refractivity contribution is 7.89. The average molecular weight is 424 g/mol. The zero-order chi connectivity index (χ0) is 21.2. The van der Waals surface area contributed by atoms with Crippen molar-refractivity contribution in [2.24, 2.45) is 5.92 Å². The number of nitrogens with one attached hydrogen (secondary N) is 2. The molecule has 2 aliphatic heterocycles. The number of sulfonamides is 1. The molecule has 29 heavy (non-hydrogen) atoms. The van der Waals surface area contributed by atoms with Crippen LogP contribution in [0.25, 0.3) is 0 Å². The van der Waals surface area contributed by atoms with Crippen molar-refractivity contribution in [1.82, 2.24) is 14.9 Å². The Bertz CT molecular complexity index is 924. The number of nitro benzene ring substituents is 1. The molecule has 0 saturated carbocycles. The predicted octanol–water partition coefficient (Wildman–Crippen LogP) is 0.699. The minimum absolute atomic E-state index is 0.0894. The number of rotatable bonds is 5. The number of piperidine rings is 2. The maximum Gasteiger partial charge on any atom is 0.270 e. The molecule has 2 fully saturated rings. The Morgan fingerprint density at radius 1 is 1.28 bits per heavy atom. The van der Waals surface area contributed by atoms with Gasteiger partial charge in [0.15, 0.2) is 0 Å². The van der Waals surface area contributed by atoms with E-state index in [4.69, 9.17) is 0 Å². The van der Waals surface area contributed by atoms with Gasteiger partial charge in [-0.05, 0) is 38.2 Å². The summed E-state index contributed by atoms with van der Waals surface area (Å²) >= 11 is 0. The van der Waals surface area contributed by atoms with Crippen LogP contribution in [0.1, 0.15) is 31.2 Å². The molecule has 11 heteroatoms. The van der Waals surface area contributed by atoms with Gasteiger partial charge in [0.25, 0.3) is 5.69 Å². The zero-order valence-corrected chi connectivity index (χ0v) is 16.9. The second-order valence-corrected chi connectivity index (χ2v) is 9.29. The minimum Gasteiger partial charge on any atom is -0.354 e. The van der Waals surface area contributed by atoms with Gasteiger partial charge in [-0.2, -0.15) is 4.31 Å². The third-order valence-electron chi connectivity index (χ3n) is 5.43. The van der Waals surface area contributed by atoms with E-state index in [0.29, 0.717) is 31.4 Å². The van der Waals surface area contributed by atoms with Crippen molar-refractivity contribution in [2.45, 2.75) is 43.5 Å². The molecule has 2 heterocycles. The monoisotopic (exact) mass is 424 g/mol. The summed E-state index contributed by atoms with van der Waals surface area (Å²) in [6, 6.07) is 3.23. The van der Waals surface area contributed by atoms with Crippen LogP contribution in [0, 0.1) is 23.0 Å². The summed E-state index contributed by atoms with van der Waals surface area (Å²) in [5, 5.41) is 16.5. The summed E-state index contributed by atoms with van der Waals surface area (Å²) in [4.78, 5) is 34.6. The number of amides is 2. The van der Waals surface area contributed by atoms with Crippen LogP contribution >= 0.6 is 0 Å². The Balaban J connectivity index is 1.65. The molecule has 2 amide bonds. The van der Waals surface area contributed by atoms with E-state index in [2.05, 4.69) is 10.6 Å². The zero-order valence-electron chi connectivity index (χ0n) is 16.1. The highest BCUT2D eigenvalue weighted by atomic mass is 32.2. The smallest absolute Gasteiger partial charge is 0.270 e. The van der Waals surface area contributed by atoms with Gasteiger partial charge in [-0.25, -0.2) is 8.42 Å². The van der Waals surface area contributed by atoms with E-state index < -0.39 is 21.0 Å². The number of carbonyl (C=O) groups is 2. The van der Waals surface area contributed by atoms with Gasteiger partial charge in [-0.15, -0.1) is 0 Å². The first-order valence-corrected chi connectivity index (χ1v) is 11.0. The topological polar surface area (TPSA) is 139 Å². The molecule has 0 radical (unpaired) electrons. The molecule has 1 aromatic carbocycles. The molecule has 0 aromatic heterocycles. The summed E-state index contributed by atoms with van der Waals surface area (Å²) in [6.45, 7) is 2.48. The van der Waals surface area contributed by atoms with Crippen molar-refractivity contribution in [3.8, 4) is 0 Å². The second kappa shape index (κ2) is 8.46. The first-order chi connectivity index (χ1) is 13.7. The predicted molar refractivity (Wildman–Crippen MR) is 103 cm³/mol. The SMILES string of the molecule is Cc1ccc([N+](=O)[O-])cc1S(=O)(=O)N1CCC(C(=O)NC2CCCNC2=O)CC1. The first-order valence-electron chi connectivity index (χ1n) is 9.53. The lowest BCUT2D eigenvalue weighted by Crippen LogP contribution is -2.52. The molecule has 10 nitrogen and oxygen atoms in total.